The molecule has 0 amide bonds. The molecule has 1 aromatic heterocycles. The molecule has 21 heavy (non-hydrogen) atoms. The Bertz CT molecular complexity index is 713. The molecule has 2 rings (SSSR count). The minimum Gasteiger partial charge on any atom is -0.465 e. The summed E-state index contributed by atoms with van der Waals surface area (Å²) >= 11 is 0. The quantitative estimate of drug-likeness (QED) is 0.685. The fourth-order valence-corrected chi connectivity index (χ4v) is 2.23. The molecule has 6 heteroatoms. The van der Waals surface area contributed by atoms with Crippen molar-refractivity contribution in [3.63, 3.8) is 0 Å². The molecule has 0 radical (unpaired) electrons. The summed E-state index contributed by atoms with van der Waals surface area (Å²) in [6, 6.07) is 5.24. The van der Waals surface area contributed by atoms with E-state index in [0.717, 1.165) is 0 Å². The van der Waals surface area contributed by atoms with Crippen molar-refractivity contribution in [2.45, 2.75) is 26.4 Å². The van der Waals surface area contributed by atoms with Gasteiger partial charge < -0.3 is 10.5 Å². The minimum absolute atomic E-state index is 0.0830. The van der Waals surface area contributed by atoms with Crippen LogP contribution in [0.2, 0.25) is 0 Å². The van der Waals surface area contributed by atoms with Crippen LogP contribution < -0.4 is 11.4 Å². The molecule has 0 spiro atoms. The van der Waals surface area contributed by atoms with Gasteiger partial charge in [0.15, 0.2) is 0 Å². The van der Waals surface area contributed by atoms with Crippen molar-refractivity contribution in [1.29, 1.82) is 0 Å². The van der Waals surface area contributed by atoms with Gasteiger partial charge in [-0.05, 0) is 25.5 Å². The predicted molar refractivity (Wildman–Crippen MR) is 80.4 cm³/mol. The summed E-state index contributed by atoms with van der Waals surface area (Å²) < 4.78 is 7.93. The Kier molecular flexibility index (Phi) is 4.16. The average molecular weight is 289 g/mol. The maximum atomic E-state index is 12.2. The lowest BCUT2D eigenvalue weighted by Gasteiger charge is -2.11. The Balaban J connectivity index is 2.43. The van der Waals surface area contributed by atoms with Crippen molar-refractivity contribution in [1.82, 2.24) is 9.13 Å². The number of aromatic nitrogens is 2. The lowest BCUT2D eigenvalue weighted by atomic mass is 10.1. The third kappa shape index (κ3) is 2.84. The zero-order chi connectivity index (χ0) is 15.6. The zero-order valence-corrected chi connectivity index (χ0v) is 12.4. The number of methoxy groups -OCH3 is 1. The summed E-state index contributed by atoms with van der Waals surface area (Å²) in [6.07, 6.45) is 3.43. The first kappa shape index (κ1) is 14.9. The molecule has 6 nitrogen and oxygen atoms in total. The van der Waals surface area contributed by atoms with E-state index in [0.29, 0.717) is 16.8 Å². The van der Waals surface area contributed by atoms with Crippen molar-refractivity contribution in [2.75, 3.05) is 12.8 Å². The molecule has 1 heterocycles. The van der Waals surface area contributed by atoms with Gasteiger partial charge in [-0.15, -0.1) is 0 Å². The third-order valence-corrected chi connectivity index (χ3v) is 3.34. The number of hydrogen-bond acceptors (Lipinski definition) is 4. The molecule has 0 bridgehead atoms. The van der Waals surface area contributed by atoms with Gasteiger partial charge in [0.05, 0.1) is 19.2 Å². The number of esters is 1. The van der Waals surface area contributed by atoms with Gasteiger partial charge in [0.2, 0.25) is 0 Å². The van der Waals surface area contributed by atoms with E-state index in [2.05, 4.69) is 0 Å². The maximum Gasteiger partial charge on any atom is 0.340 e. The van der Waals surface area contributed by atoms with Crippen LogP contribution in [-0.2, 0) is 11.3 Å². The summed E-state index contributed by atoms with van der Waals surface area (Å²) in [7, 11) is 1.31. The summed E-state index contributed by atoms with van der Waals surface area (Å²) in [4.78, 5) is 24.1. The van der Waals surface area contributed by atoms with E-state index in [9.17, 15) is 9.59 Å². The normalized spacial score (nSPS) is 10.9. The van der Waals surface area contributed by atoms with Crippen LogP contribution in [0.1, 0.15) is 35.8 Å². The van der Waals surface area contributed by atoms with Crippen molar-refractivity contribution < 1.29 is 9.53 Å². The topological polar surface area (TPSA) is 79.2 Å². The second-order valence-electron chi connectivity index (χ2n) is 5.08. The second-order valence-corrected chi connectivity index (χ2v) is 5.08. The molecule has 0 saturated carbocycles. The molecule has 0 unspecified atom stereocenters. The molecule has 0 atom stereocenters. The molecule has 0 aliphatic heterocycles. The van der Waals surface area contributed by atoms with Gasteiger partial charge in [-0.3, -0.25) is 9.13 Å². The van der Waals surface area contributed by atoms with E-state index in [1.165, 1.54) is 7.11 Å². The molecule has 0 aliphatic rings. The van der Waals surface area contributed by atoms with E-state index in [1.807, 2.05) is 13.8 Å². The van der Waals surface area contributed by atoms with Crippen LogP contribution in [-0.4, -0.2) is 22.2 Å². The number of carbonyl (C=O) groups is 1. The maximum absolute atomic E-state index is 12.2. The number of nitrogen functional groups attached to an aromatic ring is 1. The molecule has 1 aromatic carbocycles. The number of imidazole rings is 1. The van der Waals surface area contributed by atoms with Crippen molar-refractivity contribution in [3.8, 4) is 0 Å². The fourth-order valence-electron chi connectivity index (χ4n) is 2.23. The van der Waals surface area contributed by atoms with E-state index in [1.54, 1.807) is 39.7 Å². The SMILES string of the molecule is COC(=O)c1c(N)cccc1Cn1ccn(C(C)C)c1=O. The molecule has 0 fully saturated rings. The highest BCUT2D eigenvalue weighted by Crippen LogP contribution is 2.19. The summed E-state index contributed by atoms with van der Waals surface area (Å²) in [5, 5.41) is 0. The van der Waals surface area contributed by atoms with Gasteiger partial charge >= 0.3 is 11.7 Å². The second kappa shape index (κ2) is 5.87. The number of ether oxygens (including phenoxy) is 1. The van der Waals surface area contributed by atoms with Gasteiger partial charge in [0, 0.05) is 24.1 Å². The number of nitrogens with zero attached hydrogens (tertiary/aromatic N) is 2. The Hall–Kier alpha value is -2.50. The Labute approximate surface area is 122 Å². The lowest BCUT2D eigenvalue weighted by molar-refractivity contribution is 0.0600. The minimum atomic E-state index is -0.501. The fraction of sp³-hybridized carbons (Fsp3) is 0.333. The first-order valence-electron chi connectivity index (χ1n) is 6.68. The monoisotopic (exact) mass is 289 g/mol. The number of nitrogens with two attached hydrogens (primary N) is 1. The van der Waals surface area contributed by atoms with Crippen LogP contribution in [0.4, 0.5) is 5.69 Å². The Morgan fingerprint density at radius 1 is 1.33 bits per heavy atom. The van der Waals surface area contributed by atoms with Crippen LogP contribution in [0.15, 0.2) is 35.4 Å². The largest absolute Gasteiger partial charge is 0.465 e. The molecule has 0 aliphatic carbocycles. The summed E-state index contributed by atoms with van der Waals surface area (Å²) in [5.41, 5.74) is 7.04. The van der Waals surface area contributed by atoms with E-state index < -0.39 is 5.97 Å². The van der Waals surface area contributed by atoms with Gasteiger partial charge in [0.25, 0.3) is 0 Å². The van der Waals surface area contributed by atoms with Gasteiger partial charge in [-0.25, -0.2) is 9.59 Å². The zero-order valence-electron chi connectivity index (χ0n) is 12.4. The van der Waals surface area contributed by atoms with Crippen LogP contribution in [0.3, 0.4) is 0 Å². The van der Waals surface area contributed by atoms with Crippen LogP contribution in [0, 0.1) is 0 Å². The molecule has 2 aromatic rings. The number of carbonyl (C=O) groups excluding carboxylic acids is 1. The standard InChI is InChI=1S/C15H19N3O3/c1-10(2)18-8-7-17(15(18)20)9-11-5-4-6-12(16)13(11)14(19)21-3/h4-8,10H,9,16H2,1-3H3. The van der Waals surface area contributed by atoms with Crippen molar-refractivity contribution in [3.05, 3.63) is 52.2 Å². The Morgan fingerprint density at radius 2 is 2.05 bits per heavy atom. The smallest absolute Gasteiger partial charge is 0.340 e. The van der Waals surface area contributed by atoms with Gasteiger partial charge in [-0.2, -0.15) is 0 Å². The van der Waals surface area contributed by atoms with Crippen molar-refractivity contribution >= 4 is 11.7 Å². The molecular weight excluding hydrogens is 270 g/mol. The van der Waals surface area contributed by atoms with Crippen molar-refractivity contribution in [2.24, 2.45) is 0 Å². The molecule has 0 saturated heterocycles. The van der Waals surface area contributed by atoms with Gasteiger partial charge in [0.1, 0.15) is 0 Å². The van der Waals surface area contributed by atoms with Crippen LogP contribution >= 0.6 is 0 Å². The van der Waals surface area contributed by atoms with E-state index >= 15 is 0 Å². The summed E-state index contributed by atoms with van der Waals surface area (Å²) in [5.74, 6) is -0.501. The Morgan fingerprint density at radius 3 is 2.62 bits per heavy atom. The number of hydrogen-bond donors (Lipinski definition) is 1. The number of benzene rings is 1. The van der Waals surface area contributed by atoms with E-state index in [4.69, 9.17) is 10.5 Å². The molecule has 112 valence electrons. The highest BCUT2D eigenvalue weighted by Gasteiger charge is 2.16. The third-order valence-electron chi connectivity index (χ3n) is 3.34. The number of rotatable bonds is 4. The van der Waals surface area contributed by atoms with Crippen LogP contribution in [0.25, 0.3) is 0 Å². The average Bonchev–Trinajstić information content (AvgIpc) is 2.80. The van der Waals surface area contributed by atoms with Gasteiger partial charge in [-0.1, -0.05) is 12.1 Å². The molecule has 2 N–H and O–H groups in total. The molecular formula is C15H19N3O3. The lowest BCUT2D eigenvalue weighted by Crippen LogP contribution is -2.26. The highest BCUT2D eigenvalue weighted by atomic mass is 16.5. The predicted octanol–water partition coefficient (Wildman–Crippen LogP) is 1.65. The van der Waals surface area contributed by atoms with Crippen LogP contribution in [0.5, 0.6) is 0 Å². The summed E-state index contributed by atoms with van der Waals surface area (Å²) in [6.45, 7) is 4.15. The highest BCUT2D eigenvalue weighted by molar-refractivity contribution is 5.96. The van der Waals surface area contributed by atoms with E-state index in [-0.39, 0.29) is 18.3 Å². The first-order chi connectivity index (χ1) is 9.95. The number of anilines is 1. The first-order valence-corrected chi connectivity index (χ1v) is 6.68.